The molecular weight excluding hydrogens is 272 g/mol. The van der Waals surface area contributed by atoms with E-state index in [-0.39, 0.29) is 13.0 Å². The van der Waals surface area contributed by atoms with Crippen LogP contribution in [0.5, 0.6) is 0 Å². The van der Waals surface area contributed by atoms with E-state index in [0.717, 1.165) is 0 Å². The monoisotopic (exact) mass is 292 g/mol. The topological polar surface area (TPSA) is 123 Å². The van der Waals surface area contributed by atoms with Crippen molar-refractivity contribution >= 4 is 11.9 Å². The highest BCUT2D eigenvalue weighted by Crippen LogP contribution is 2.23. The van der Waals surface area contributed by atoms with Gasteiger partial charge in [0.15, 0.2) is 12.4 Å². The molecule has 3 N–H and O–H groups in total. The van der Waals surface area contributed by atoms with Gasteiger partial charge in [-0.25, -0.2) is 0 Å². The summed E-state index contributed by atoms with van der Waals surface area (Å²) in [6.45, 7) is 2.64. The van der Waals surface area contributed by atoms with Gasteiger partial charge in [0.25, 0.3) is 0 Å². The van der Waals surface area contributed by atoms with Gasteiger partial charge >= 0.3 is 11.9 Å². The minimum atomic E-state index is -1.64. The fourth-order valence-electron chi connectivity index (χ4n) is 1.81. The Bertz CT molecular complexity index is 344. The summed E-state index contributed by atoms with van der Waals surface area (Å²) in [7, 11) is 0. The van der Waals surface area contributed by atoms with Crippen LogP contribution in [0.25, 0.3) is 0 Å². The average Bonchev–Trinajstić information content (AvgIpc) is 2.37. The number of hydrogen-bond donors (Lipinski definition) is 3. The number of esters is 2. The van der Waals surface area contributed by atoms with Gasteiger partial charge in [-0.15, -0.1) is 0 Å². The van der Waals surface area contributed by atoms with Crippen LogP contribution < -0.4 is 0 Å². The highest BCUT2D eigenvalue weighted by Gasteiger charge is 2.46. The number of rotatable bonds is 5. The third-order valence-corrected chi connectivity index (χ3v) is 2.83. The molecule has 116 valence electrons. The molecule has 0 aliphatic carbocycles. The van der Waals surface area contributed by atoms with Crippen molar-refractivity contribution in [2.45, 2.75) is 57.4 Å². The van der Waals surface area contributed by atoms with E-state index in [4.69, 9.17) is 9.47 Å². The quantitative estimate of drug-likeness (QED) is 0.534. The van der Waals surface area contributed by atoms with Crippen LogP contribution in [-0.2, 0) is 23.8 Å². The molecule has 1 rings (SSSR count). The van der Waals surface area contributed by atoms with Gasteiger partial charge in [0.1, 0.15) is 24.9 Å². The number of carbonyl (C=O) groups excluding carboxylic acids is 2. The number of carbonyl (C=O) groups is 2. The Kier molecular flexibility index (Phi) is 6.34. The minimum absolute atomic E-state index is 0.126. The molecule has 1 fully saturated rings. The van der Waals surface area contributed by atoms with Crippen molar-refractivity contribution in [1.29, 1.82) is 0 Å². The molecule has 0 saturated carbocycles. The van der Waals surface area contributed by atoms with E-state index < -0.39 is 42.6 Å². The van der Waals surface area contributed by atoms with Gasteiger partial charge < -0.3 is 29.5 Å². The summed E-state index contributed by atoms with van der Waals surface area (Å²) in [6, 6.07) is 0. The summed E-state index contributed by atoms with van der Waals surface area (Å²) in [4.78, 5) is 22.2. The molecule has 20 heavy (non-hydrogen) atoms. The molecular formula is C12H20O8. The van der Waals surface area contributed by atoms with Crippen molar-refractivity contribution < 1.29 is 39.1 Å². The summed E-state index contributed by atoms with van der Waals surface area (Å²) in [6.07, 6.45) is -6.36. The van der Waals surface area contributed by atoms with Gasteiger partial charge in [0, 0.05) is 13.3 Å². The molecule has 8 nitrogen and oxygen atoms in total. The highest BCUT2D eigenvalue weighted by atomic mass is 16.7. The van der Waals surface area contributed by atoms with E-state index in [1.165, 1.54) is 6.92 Å². The molecule has 0 aromatic carbocycles. The summed E-state index contributed by atoms with van der Waals surface area (Å²) < 4.78 is 14.5. The minimum Gasteiger partial charge on any atom is -0.463 e. The fourth-order valence-corrected chi connectivity index (χ4v) is 1.81. The van der Waals surface area contributed by atoms with Crippen LogP contribution in [0, 0.1) is 0 Å². The average molecular weight is 292 g/mol. The van der Waals surface area contributed by atoms with E-state index in [1.54, 1.807) is 6.92 Å². The standard InChI is InChI=1S/C12H20O8/c1-3-4-8(14)20-11-9(15)7(5-18-6(2)13)19-12(17)10(11)16/h7,9-12,15-17H,3-5H2,1-2H3/t7-,9-,10+,11+,12+/m1/s1. The van der Waals surface area contributed by atoms with Gasteiger partial charge in [0.2, 0.25) is 0 Å². The van der Waals surface area contributed by atoms with Gasteiger partial charge in [-0.05, 0) is 6.42 Å². The smallest absolute Gasteiger partial charge is 0.306 e. The maximum atomic E-state index is 11.4. The third-order valence-electron chi connectivity index (χ3n) is 2.83. The fraction of sp³-hybridized carbons (Fsp3) is 0.833. The third kappa shape index (κ3) is 4.41. The van der Waals surface area contributed by atoms with Crippen molar-refractivity contribution in [2.75, 3.05) is 6.61 Å². The largest absolute Gasteiger partial charge is 0.463 e. The Morgan fingerprint density at radius 3 is 2.40 bits per heavy atom. The SMILES string of the molecule is CCCC(=O)O[C@@H]1[C@H](O)[C@@H](O)O[C@H](COC(C)=O)[C@H]1O. The second-order valence-electron chi connectivity index (χ2n) is 4.55. The Morgan fingerprint density at radius 2 is 1.85 bits per heavy atom. The van der Waals surface area contributed by atoms with Gasteiger partial charge in [0.05, 0.1) is 0 Å². The molecule has 1 heterocycles. The predicted molar refractivity (Wildman–Crippen MR) is 64.3 cm³/mol. The molecule has 5 atom stereocenters. The number of aliphatic hydroxyl groups is 3. The highest BCUT2D eigenvalue weighted by molar-refractivity contribution is 5.69. The zero-order valence-corrected chi connectivity index (χ0v) is 11.4. The van der Waals surface area contributed by atoms with Gasteiger partial charge in [-0.3, -0.25) is 9.59 Å². The molecule has 0 spiro atoms. The van der Waals surface area contributed by atoms with Crippen molar-refractivity contribution in [3.63, 3.8) is 0 Å². The van der Waals surface area contributed by atoms with Crippen molar-refractivity contribution in [2.24, 2.45) is 0 Å². The van der Waals surface area contributed by atoms with Crippen LogP contribution in [0.2, 0.25) is 0 Å². The van der Waals surface area contributed by atoms with Gasteiger partial charge in [-0.2, -0.15) is 0 Å². The normalized spacial score (nSPS) is 33.5. The number of hydrogen-bond acceptors (Lipinski definition) is 8. The summed E-state index contributed by atoms with van der Waals surface area (Å²) in [5.74, 6) is -1.18. The molecule has 1 aliphatic rings. The Morgan fingerprint density at radius 1 is 1.20 bits per heavy atom. The first-order valence-corrected chi connectivity index (χ1v) is 6.39. The molecule has 1 aliphatic heterocycles. The molecule has 0 radical (unpaired) electrons. The molecule has 0 aromatic heterocycles. The van der Waals surface area contributed by atoms with Crippen LogP contribution >= 0.6 is 0 Å². The predicted octanol–water partition coefficient (Wildman–Crippen LogP) is -1.30. The summed E-state index contributed by atoms with van der Waals surface area (Å²) in [5.41, 5.74) is 0. The first-order chi connectivity index (χ1) is 9.36. The molecule has 0 unspecified atom stereocenters. The first kappa shape index (κ1) is 16.8. The van der Waals surface area contributed by atoms with Crippen molar-refractivity contribution in [1.82, 2.24) is 0 Å². The summed E-state index contributed by atoms with van der Waals surface area (Å²) in [5, 5.41) is 29.2. The van der Waals surface area contributed by atoms with E-state index in [1.807, 2.05) is 0 Å². The maximum Gasteiger partial charge on any atom is 0.306 e. The zero-order chi connectivity index (χ0) is 15.3. The molecule has 0 aromatic rings. The van der Waals surface area contributed by atoms with E-state index in [0.29, 0.717) is 6.42 Å². The van der Waals surface area contributed by atoms with Crippen LogP contribution in [0.15, 0.2) is 0 Å². The van der Waals surface area contributed by atoms with E-state index in [9.17, 15) is 24.9 Å². The number of ether oxygens (including phenoxy) is 3. The van der Waals surface area contributed by atoms with Crippen LogP contribution in [0.4, 0.5) is 0 Å². The van der Waals surface area contributed by atoms with Crippen molar-refractivity contribution in [3.05, 3.63) is 0 Å². The zero-order valence-electron chi connectivity index (χ0n) is 11.4. The summed E-state index contributed by atoms with van der Waals surface area (Å²) >= 11 is 0. The Hall–Kier alpha value is -1.22. The first-order valence-electron chi connectivity index (χ1n) is 6.39. The molecule has 0 amide bonds. The molecule has 8 heteroatoms. The Balaban J connectivity index is 2.69. The second kappa shape index (κ2) is 7.53. The Labute approximate surface area is 116 Å². The lowest BCUT2D eigenvalue weighted by Crippen LogP contribution is -2.60. The van der Waals surface area contributed by atoms with Gasteiger partial charge in [-0.1, -0.05) is 6.92 Å². The molecule has 1 saturated heterocycles. The van der Waals surface area contributed by atoms with Crippen LogP contribution in [0.1, 0.15) is 26.7 Å². The second-order valence-corrected chi connectivity index (χ2v) is 4.55. The lowest BCUT2D eigenvalue weighted by molar-refractivity contribution is -0.290. The maximum absolute atomic E-state index is 11.4. The number of aliphatic hydroxyl groups excluding tert-OH is 3. The lowest BCUT2D eigenvalue weighted by Gasteiger charge is -2.39. The molecule has 0 bridgehead atoms. The van der Waals surface area contributed by atoms with Crippen molar-refractivity contribution in [3.8, 4) is 0 Å². The van der Waals surface area contributed by atoms with E-state index >= 15 is 0 Å². The van der Waals surface area contributed by atoms with Crippen LogP contribution in [-0.4, -0.2) is 64.6 Å². The van der Waals surface area contributed by atoms with E-state index in [2.05, 4.69) is 4.74 Å². The lowest BCUT2D eigenvalue weighted by atomic mass is 9.99. The van der Waals surface area contributed by atoms with Crippen LogP contribution in [0.3, 0.4) is 0 Å².